The zero-order valence-corrected chi connectivity index (χ0v) is 15.5. The molecule has 1 N–H and O–H groups in total. The highest BCUT2D eigenvalue weighted by Gasteiger charge is 2.14. The fourth-order valence-electron chi connectivity index (χ4n) is 2.00. The minimum Gasteiger partial charge on any atom is -0.320 e. The van der Waals surface area contributed by atoms with Crippen molar-refractivity contribution in [3.63, 3.8) is 0 Å². The Hall–Kier alpha value is -2.21. The molecule has 7 heteroatoms. The zero-order chi connectivity index (χ0) is 17.8. The number of hydrogen-bond donors (Lipinski definition) is 1. The number of amides is 1. The van der Waals surface area contributed by atoms with Gasteiger partial charge in [0.15, 0.2) is 5.01 Å². The molecule has 0 aliphatic rings. The van der Waals surface area contributed by atoms with Gasteiger partial charge in [0.05, 0.1) is 5.03 Å². The Morgan fingerprint density at radius 1 is 1.04 bits per heavy atom. The number of aromatic nitrogens is 2. The van der Waals surface area contributed by atoms with E-state index >= 15 is 0 Å². The first-order valence-corrected chi connectivity index (χ1v) is 8.93. The predicted octanol–water partition coefficient (Wildman–Crippen LogP) is 5.49. The van der Waals surface area contributed by atoms with Gasteiger partial charge in [-0.1, -0.05) is 64.4 Å². The van der Waals surface area contributed by atoms with E-state index < -0.39 is 0 Å². The summed E-state index contributed by atoms with van der Waals surface area (Å²) in [6, 6.07) is 14.8. The van der Waals surface area contributed by atoms with Crippen LogP contribution in [0.5, 0.6) is 0 Å². The maximum Gasteiger partial charge on any atom is 0.286 e. The first-order chi connectivity index (χ1) is 12.0. The van der Waals surface area contributed by atoms with Crippen LogP contribution in [0.3, 0.4) is 0 Å². The number of aryl methyl sites for hydroxylation is 1. The molecular formula is C18H13Cl2N3OS. The van der Waals surface area contributed by atoms with Gasteiger partial charge in [-0.05, 0) is 42.8 Å². The quantitative estimate of drug-likeness (QED) is 0.641. The van der Waals surface area contributed by atoms with Gasteiger partial charge >= 0.3 is 0 Å². The van der Waals surface area contributed by atoms with E-state index in [-0.39, 0.29) is 10.9 Å². The number of nitrogens with zero attached hydrogens (tertiary/aromatic N) is 2. The van der Waals surface area contributed by atoms with E-state index in [0.29, 0.717) is 20.7 Å². The smallest absolute Gasteiger partial charge is 0.286 e. The van der Waals surface area contributed by atoms with Crippen molar-refractivity contribution in [3.8, 4) is 0 Å². The average Bonchev–Trinajstić information content (AvgIpc) is 3.09. The molecule has 3 aromatic rings. The molecule has 0 aliphatic heterocycles. The lowest BCUT2D eigenvalue weighted by Gasteiger charge is -2.02. The van der Waals surface area contributed by atoms with Crippen LogP contribution in [0.2, 0.25) is 5.02 Å². The number of carbonyl (C=O) groups is 1. The van der Waals surface area contributed by atoms with Crippen molar-refractivity contribution in [2.75, 3.05) is 5.32 Å². The third-order valence-electron chi connectivity index (χ3n) is 3.30. The Balaban J connectivity index is 1.73. The number of carbonyl (C=O) groups excluding carboxylic acids is 1. The molecule has 0 atom stereocenters. The number of rotatable bonds is 4. The van der Waals surface area contributed by atoms with E-state index in [2.05, 4.69) is 15.5 Å². The minimum absolute atomic E-state index is 0.248. The van der Waals surface area contributed by atoms with E-state index in [9.17, 15) is 4.79 Å². The molecule has 0 aliphatic carbocycles. The first-order valence-electron chi connectivity index (χ1n) is 7.36. The third kappa shape index (κ3) is 4.66. The van der Waals surface area contributed by atoms with E-state index in [1.165, 1.54) is 0 Å². The van der Waals surface area contributed by atoms with Crippen LogP contribution in [0, 0.1) is 6.92 Å². The summed E-state index contributed by atoms with van der Waals surface area (Å²) in [5.74, 6) is -0.316. The molecule has 126 valence electrons. The van der Waals surface area contributed by atoms with Crippen LogP contribution in [-0.4, -0.2) is 16.1 Å². The molecule has 0 spiro atoms. The molecule has 0 bridgehead atoms. The highest BCUT2D eigenvalue weighted by atomic mass is 35.5. The van der Waals surface area contributed by atoms with Crippen molar-refractivity contribution in [2.24, 2.45) is 0 Å². The number of hydrogen-bond acceptors (Lipinski definition) is 4. The lowest BCUT2D eigenvalue weighted by atomic mass is 10.2. The lowest BCUT2D eigenvalue weighted by molar-refractivity contribution is 0.102. The summed E-state index contributed by atoms with van der Waals surface area (Å²) < 4.78 is 0. The predicted molar refractivity (Wildman–Crippen MR) is 104 cm³/mol. The fourth-order valence-corrected chi connectivity index (χ4v) is 3.05. The molecule has 2 aromatic carbocycles. The summed E-state index contributed by atoms with van der Waals surface area (Å²) in [7, 11) is 0. The van der Waals surface area contributed by atoms with Gasteiger partial charge in [-0.15, -0.1) is 10.2 Å². The lowest BCUT2D eigenvalue weighted by Crippen LogP contribution is -2.11. The topological polar surface area (TPSA) is 54.9 Å². The highest BCUT2D eigenvalue weighted by Crippen LogP contribution is 2.26. The van der Waals surface area contributed by atoms with Crippen molar-refractivity contribution in [1.82, 2.24) is 10.2 Å². The summed E-state index contributed by atoms with van der Waals surface area (Å²) in [6.07, 6.45) is 1.75. The van der Waals surface area contributed by atoms with Crippen LogP contribution in [0.15, 0.2) is 48.5 Å². The summed E-state index contributed by atoms with van der Waals surface area (Å²) in [4.78, 5) is 12.3. The van der Waals surface area contributed by atoms with E-state index in [0.717, 1.165) is 22.5 Å². The van der Waals surface area contributed by atoms with Crippen molar-refractivity contribution < 1.29 is 4.79 Å². The van der Waals surface area contributed by atoms with Crippen molar-refractivity contribution in [3.05, 3.63) is 74.7 Å². The number of anilines is 1. The second-order valence-electron chi connectivity index (χ2n) is 5.28. The first kappa shape index (κ1) is 17.6. The van der Waals surface area contributed by atoms with Crippen molar-refractivity contribution in [2.45, 2.75) is 6.92 Å². The summed E-state index contributed by atoms with van der Waals surface area (Å²) in [5.41, 5.74) is 2.71. The second kappa shape index (κ2) is 7.78. The molecule has 0 unspecified atom stereocenters. The molecule has 4 nitrogen and oxygen atoms in total. The van der Waals surface area contributed by atoms with Crippen LogP contribution in [-0.2, 0) is 0 Å². The van der Waals surface area contributed by atoms with Gasteiger partial charge < -0.3 is 5.32 Å². The van der Waals surface area contributed by atoms with E-state index in [1.807, 2.05) is 43.3 Å². The summed E-state index contributed by atoms with van der Waals surface area (Å²) >= 11 is 13.3. The van der Waals surface area contributed by atoms with Gasteiger partial charge in [0.1, 0.15) is 0 Å². The van der Waals surface area contributed by atoms with Gasteiger partial charge in [-0.25, -0.2) is 0 Å². The van der Waals surface area contributed by atoms with Crippen molar-refractivity contribution in [1.29, 1.82) is 0 Å². The van der Waals surface area contributed by atoms with E-state index in [1.54, 1.807) is 18.2 Å². The Bertz CT molecular complexity index is 918. The molecule has 0 fully saturated rings. The van der Waals surface area contributed by atoms with E-state index in [4.69, 9.17) is 23.2 Å². The number of nitrogens with one attached hydrogen (secondary N) is 1. The summed E-state index contributed by atoms with van der Waals surface area (Å²) in [6.45, 7) is 1.98. The van der Waals surface area contributed by atoms with Gasteiger partial charge in [-0.2, -0.15) is 0 Å². The van der Waals surface area contributed by atoms with Crippen LogP contribution in [0.25, 0.3) is 11.1 Å². The molecule has 0 saturated carbocycles. The molecule has 1 heterocycles. The van der Waals surface area contributed by atoms with Gasteiger partial charge in [-0.3, -0.25) is 4.79 Å². The van der Waals surface area contributed by atoms with Crippen LogP contribution < -0.4 is 5.32 Å². The molecule has 1 amide bonds. The molecule has 0 saturated heterocycles. The maximum atomic E-state index is 12.3. The SMILES string of the molecule is Cc1ccc(NC(=O)c2nnc(/C(Cl)=C/c3ccc(Cl)cc3)s2)cc1. The highest BCUT2D eigenvalue weighted by molar-refractivity contribution is 7.15. The molecule has 25 heavy (non-hydrogen) atoms. The van der Waals surface area contributed by atoms with Crippen molar-refractivity contribution >= 4 is 57.2 Å². The fraction of sp³-hybridized carbons (Fsp3) is 0.0556. The standard InChI is InChI=1S/C18H13Cl2N3OS/c1-11-2-8-14(9-3-11)21-16(24)18-23-22-17(25-18)15(20)10-12-4-6-13(19)7-5-12/h2-10H,1H3,(H,21,24)/b15-10-. The Labute approximate surface area is 159 Å². The molecular weight excluding hydrogens is 377 g/mol. The maximum absolute atomic E-state index is 12.3. The molecule has 0 radical (unpaired) electrons. The number of halogens is 2. The Kier molecular flexibility index (Phi) is 5.48. The van der Waals surface area contributed by atoms with Gasteiger partial charge in [0, 0.05) is 10.7 Å². The summed E-state index contributed by atoms with van der Waals surface area (Å²) in [5, 5.41) is 12.5. The second-order valence-corrected chi connectivity index (χ2v) is 7.10. The molecule has 3 rings (SSSR count). The monoisotopic (exact) mass is 389 g/mol. The number of benzene rings is 2. The Morgan fingerprint density at radius 3 is 2.36 bits per heavy atom. The zero-order valence-electron chi connectivity index (χ0n) is 13.2. The average molecular weight is 390 g/mol. The van der Waals surface area contributed by atoms with Gasteiger partial charge in [0.25, 0.3) is 5.91 Å². The van der Waals surface area contributed by atoms with Crippen LogP contribution >= 0.6 is 34.5 Å². The third-order valence-corrected chi connectivity index (χ3v) is 4.90. The Morgan fingerprint density at radius 2 is 1.68 bits per heavy atom. The minimum atomic E-state index is -0.316. The molecule has 1 aromatic heterocycles. The van der Waals surface area contributed by atoms with Crippen LogP contribution in [0.1, 0.15) is 25.9 Å². The normalized spacial score (nSPS) is 11.4. The van der Waals surface area contributed by atoms with Gasteiger partial charge in [0.2, 0.25) is 5.01 Å². The van der Waals surface area contributed by atoms with Crippen LogP contribution in [0.4, 0.5) is 5.69 Å². The largest absolute Gasteiger partial charge is 0.320 e.